The summed E-state index contributed by atoms with van der Waals surface area (Å²) in [4.78, 5) is 37.9. The zero-order chi connectivity index (χ0) is 21.1. The quantitative estimate of drug-likeness (QED) is 0.578. The number of H-pyrrole nitrogens is 1. The molecule has 30 heavy (non-hydrogen) atoms. The van der Waals surface area contributed by atoms with Crippen molar-refractivity contribution in [1.29, 1.82) is 0 Å². The summed E-state index contributed by atoms with van der Waals surface area (Å²) in [6.45, 7) is 4.61. The number of anilines is 1. The molecule has 1 amide bonds. The number of aryl methyl sites for hydroxylation is 1. The van der Waals surface area contributed by atoms with Crippen molar-refractivity contribution in [2.75, 3.05) is 25.5 Å². The van der Waals surface area contributed by atoms with Crippen LogP contribution in [-0.2, 0) is 13.0 Å². The van der Waals surface area contributed by atoms with E-state index < -0.39 is 0 Å². The van der Waals surface area contributed by atoms with Gasteiger partial charge < -0.3 is 15.6 Å². The van der Waals surface area contributed by atoms with E-state index in [1.54, 1.807) is 19.3 Å². The Morgan fingerprint density at radius 3 is 2.87 bits per heavy atom. The van der Waals surface area contributed by atoms with Gasteiger partial charge in [0.25, 0.3) is 11.5 Å². The molecule has 4 rings (SSSR count). The Morgan fingerprint density at radius 1 is 1.27 bits per heavy atom. The molecular weight excluding hydrogens is 380 g/mol. The summed E-state index contributed by atoms with van der Waals surface area (Å²) in [6.07, 6.45) is 5.18. The summed E-state index contributed by atoms with van der Waals surface area (Å²) >= 11 is 0. The maximum absolute atomic E-state index is 12.1. The highest BCUT2D eigenvalue weighted by molar-refractivity contribution is 5.93. The van der Waals surface area contributed by atoms with Crippen LogP contribution in [0.2, 0.25) is 0 Å². The fraction of sp³-hybridized carbons (Fsp3) is 0.364. The lowest BCUT2D eigenvalue weighted by Crippen LogP contribution is -2.26. The molecule has 0 spiro atoms. The number of nitrogens with zero attached hydrogens (tertiary/aromatic N) is 3. The maximum atomic E-state index is 12.1. The van der Waals surface area contributed by atoms with Gasteiger partial charge in [-0.3, -0.25) is 19.5 Å². The highest BCUT2D eigenvalue weighted by Crippen LogP contribution is 2.18. The molecule has 1 aliphatic heterocycles. The number of nitrogens with one attached hydrogen (secondary N) is 3. The summed E-state index contributed by atoms with van der Waals surface area (Å²) in [7, 11) is 1.60. The van der Waals surface area contributed by atoms with Crippen molar-refractivity contribution in [2.24, 2.45) is 0 Å². The number of carbonyl (C=O) groups excluding carboxylic acids is 1. The minimum atomic E-state index is -0.141. The van der Waals surface area contributed by atoms with E-state index in [-0.39, 0.29) is 11.5 Å². The number of hydrogen-bond acceptors (Lipinski definition) is 6. The molecule has 1 unspecified atom stereocenters. The maximum Gasteiger partial charge on any atom is 0.252 e. The number of aromatic nitrogens is 3. The number of pyridine rings is 3. The molecule has 1 fully saturated rings. The van der Waals surface area contributed by atoms with Crippen molar-refractivity contribution >= 4 is 22.8 Å². The van der Waals surface area contributed by atoms with E-state index in [1.165, 1.54) is 0 Å². The number of carbonyl (C=O) groups is 1. The number of rotatable bonds is 6. The first-order valence-electron chi connectivity index (χ1n) is 10.2. The summed E-state index contributed by atoms with van der Waals surface area (Å²) < 4.78 is 0. The minimum Gasteiger partial charge on any atom is -0.366 e. The Kier molecular flexibility index (Phi) is 5.76. The second-order valence-corrected chi connectivity index (χ2v) is 7.63. The summed E-state index contributed by atoms with van der Waals surface area (Å²) in [6, 6.07) is 7.79. The zero-order valence-corrected chi connectivity index (χ0v) is 17.2. The average Bonchev–Trinajstić information content (AvgIpc) is 3.19. The van der Waals surface area contributed by atoms with Gasteiger partial charge in [0.1, 0.15) is 5.82 Å². The molecule has 4 heterocycles. The largest absolute Gasteiger partial charge is 0.366 e. The molecule has 1 aliphatic rings. The van der Waals surface area contributed by atoms with Gasteiger partial charge in [-0.1, -0.05) is 6.92 Å². The highest BCUT2D eigenvalue weighted by atomic mass is 16.1. The molecular formula is C22H26N6O2. The first kappa shape index (κ1) is 20.0. The lowest BCUT2D eigenvalue weighted by molar-refractivity contribution is 0.0963. The Balaban J connectivity index is 1.38. The van der Waals surface area contributed by atoms with E-state index in [0.717, 1.165) is 54.0 Å². The van der Waals surface area contributed by atoms with Crippen LogP contribution in [0.5, 0.6) is 0 Å². The van der Waals surface area contributed by atoms with Gasteiger partial charge in [0.15, 0.2) is 0 Å². The van der Waals surface area contributed by atoms with Crippen molar-refractivity contribution in [3.05, 3.63) is 63.7 Å². The normalized spacial score (nSPS) is 16.7. The van der Waals surface area contributed by atoms with Crippen LogP contribution in [0.25, 0.3) is 11.0 Å². The molecule has 0 bridgehead atoms. The Labute approximate surface area is 174 Å². The highest BCUT2D eigenvalue weighted by Gasteiger charge is 2.23. The lowest BCUT2D eigenvalue weighted by atomic mass is 10.1. The number of hydrogen-bond donors (Lipinski definition) is 3. The fourth-order valence-corrected chi connectivity index (χ4v) is 3.84. The molecule has 3 N–H and O–H groups in total. The number of aromatic amines is 1. The van der Waals surface area contributed by atoms with Crippen LogP contribution >= 0.6 is 0 Å². The van der Waals surface area contributed by atoms with Crippen LogP contribution in [0.3, 0.4) is 0 Å². The molecule has 3 aromatic heterocycles. The van der Waals surface area contributed by atoms with E-state index in [4.69, 9.17) is 0 Å². The van der Waals surface area contributed by atoms with Crippen molar-refractivity contribution in [3.8, 4) is 0 Å². The zero-order valence-electron chi connectivity index (χ0n) is 17.2. The standard InChI is InChI=1S/C22H26N6O2/c1-3-15-9-18-19(27-22(15)30)8-14(10-24-18)12-28-7-6-17(13-28)26-20-5-4-16(11-25-20)21(29)23-2/h4-5,8-11,17H,3,6-7,12-13H2,1-2H3,(H,23,29)(H,25,26)(H,27,30). The molecule has 8 nitrogen and oxygen atoms in total. The number of likely N-dealkylation sites (tertiary alicyclic amines) is 1. The van der Waals surface area contributed by atoms with Crippen LogP contribution in [0.4, 0.5) is 5.82 Å². The predicted molar refractivity (Wildman–Crippen MR) is 117 cm³/mol. The molecule has 1 atom stereocenters. The molecule has 1 saturated heterocycles. The Bertz CT molecular complexity index is 1110. The van der Waals surface area contributed by atoms with Gasteiger partial charge in [0, 0.05) is 50.7 Å². The summed E-state index contributed by atoms with van der Waals surface area (Å²) in [5, 5.41) is 6.03. The second kappa shape index (κ2) is 8.62. The first-order chi connectivity index (χ1) is 14.6. The first-order valence-corrected chi connectivity index (χ1v) is 10.2. The number of fused-ring (bicyclic) bond motifs is 1. The van der Waals surface area contributed by atoms with Crippen LogP contribution in [0, 0.1) is 0 Å². The van der Waals surface area contributed by atoms with E-state index in [0.29, 0.717) is 18.0 Å². The van der Waals surface area contributed by atoms with Gasteiger partial charge in [0.05, 0.1) is 16.6 Å². The van der Waals surface area contributed by atoms with E-state index in [9.17, 15) is 9.59 Å². The van der Waals surface area contributed by atoms with Crippen molar-refractivity contribution in [3.63, 3.8) is 0 Å². The van der Waals surface area contributed by atoms with Crippen LogP contribution in [0.1, 0.15) is 34.8 Å². The third kappa shape index (κ3) is 4.33. The van der Waals surface area contributed by atoms with Crippen LogP contribution < -0.4 is 16.2 Å². The fourth-order valence-electron chi connectivity index (χ4n) is 3.84. The molecule has 156 valence electrons. The second-order valence-electron chi connectivity index (χ2n) is 7.63. The monoisotopic (exact) mass is 406 g/mol. The lowest BCUT2D eigenvalue weighted by Gasteiger charge is -2.17. The predicted octanol–water partition coefficient (Wildman–Crippen LogP) is 1.93. The SMILES string of the molecule is CCc1cc2ncc(CN3CCC(Nc4ccc(C(=O)NC)cn4)C3)cc2[nH]c1=O. The topological polar surface area (TPSA) is 103 Å². The van der Waals surface area contributed by atoms with Gasteiger partial charge in [-0.2, -0.15) is 0 Å². The van der Waals surface area contributed by atoms with Gasteiger partial charge >= 0.3 is 0 Å². The van der Waals surface area contributed by atoms with Crippen molar-refractivity contribution < 1.29 is 4.79 Å². The molecule has 3 aromatic rings. The van der Waals surface area contributed by atoms with Crippen molar-refractivity contribution in [2.45, 2.75) is 32.4 Å². The molecule has 0 radical (unpaired) electrons. The summed E-state index contributed by atoms with van der Waals surface area (Å²) in [5.74, 6) is 0.628. The van der Waals surface area contributed by atoms with Gasteiger partial charge in [-0.15, -0.1) is 0 Å². The Hall–Kier alpha value is -3.26. The van der Waals surface area contributed by atoms with E-state index in [2.05, 4.69) is 30.5 Å². The van der Waals surface area contributed by atoms with Crippen LogP contribution in [0.15, 0.2) is 41.5 Å². The van der Waals surface area contributed by atoms with E-state index in [1.807, 2.05) is 31.3 Å². The molecule has 0 aliphatic carbocycles. The Morgan fingerprint density at radius 2 is 2.13 bits per heavy atom. The third-order valence-corrected chi connectivity index (χ3v) is 5.49. The molecule has 0 aromatic carbocycles. The molecule has 8 heteroatoms. The van der Waals surface area contributed by atoms with Crippen LogP contribution in [-0.4, -0.2) is 51.9 Å². The van der Waals surface area contributed by atoms with Gasteiger partial charge in [-0.25, -0.2) is 4.98 Å². The third-order valence-electron chi connectivity index (χ3n) is 5.49. The number of amides is 1. The van der Waals surface area contributed by atoms with Gasteiger partial charge in [-0.05, 0) is 42.7 Å². The smallest absolute Gasteiger partial charge is 0.252 e. The van der Waals surface area contributed by atoms with E-state index >= 15 is 0 Å². The summed E-state index contributed by atoms with van der Waals surface area (Å²) in [5.41, 5.74) is 3.95. The molecule has 0 saturated carbocycles. The van der Waals surface area contributed by atoms with Gasteiger partial charge in [0.2, 0.25) is 0 Å². The van der Waals surface area contributed by atoms with Crippen molar-refractivity contribution in [1.82, 2.24) is 25.2 Å². The average molecular weight is 406 g/mol. The minimum absolute atomic E-state index is 0.0377.